The molecule has 0 aliphatic carbocycles. The van der Waals surface area contributed by atoms with E-state index in [1.165, 1.54) is 39.3 Å². The van der Waals surface area contributed by atoms with Gasteiger partial charge in [-0.15, -0.1) is 0 Å². The van der Waals surface area contributed by atoms with Crippen molar-refractivity contribution in [3.05, 3.63) is 83.2 Å². The van der Waals surface area contributed by atoms with Crippen LogP contribution in [0.5, 0.6) is 0 Å². The molecule has 0 unspecified atom stereocenters. The van der Waals surface area contributed by atoms with Crippen LogP contribution in [0.25, 0.3) is 16.8 Å². The van der Waals surface area contributed by atoms with Crippen molar-refractivity contribution in [2.24, 2.45) is 0 Å². The van der Waals surface area contributed by atoms with Crippen molar-refractivity contribution in [1.29, 1.82) is 0 Å². The fourth-order valence-corrected chi connectivity index (χ4v) is 3.13. The van der Waals surface area contributed by atoms with Crippen molar-refractivity contribution < 1.29 is 4.57 Å². The number of nitrogens with zero attached hydrogens (tertiary/aromatic N) is 1. The molecule has 0 amide bonds. The van der Waals surface area contributed by atoms with Crippen molar-refractivity contribution in [3.8, 4) is 16.8 Å². The van der Waals surface area contributed by atoms with E-state index in [0.29, 0.717) is 0 Å². The summed E-state index contributed by atoms with van der Waals surface area (Å²) in [6.07, 6.45) is 0. The Balaban J connectivity index is 2.15. The van der Waals surface area contributed by atoms with Gasteiger partial charge in [-0.25, -0.2) is 0 Å². The van der Waals surface area contributed by atoms with Crippen molar-refractivity contribution in [2.45, 2.75) is 27.7 Å². The number of aryl methyl sites for hydroxylation is 4. The molecule has 3 rings (SSSR count). The van der Waals surface area contributed by atoms with Crippen LogP contribution in [0.2, 0.25) is 0 Å². The summed E-state index contributed by atoms with van der Waals surface area (Å²) in [4.78, 5) is 0. The van der Waals surface area contributed by atoms with Gasteiger partial charge in [-0.1, -0.05) is 42.0 Å². The molecule has 110 valence electrons. The van der Waals surface area contributed by atoms with E-state index in [9.17, 15) is 0 Å². The zero-order valence-electron chi connectivity index (χ0n) is 13.7. The molecule has 0 bridgehead atoms. The molecule has 0 saturated carbocycles. The average Bonchev–Trinajstić information content (AvgIpc) is 2.49. The van der Waals surface area contributed by atoms with Gasteiger partial charge in [-0.05, 0) is 31.0 Å². The predicted molar refractivity (Wildman–Crippen MR) is 92.4 cm³/mol. The molecule has 0 radical (unpaired) electrons. The van der Waals surface area contributed by atoms with Gasteiger partial charge in [0.1, 0.15) is 0 Å². The molecule has 1 aromatic heterocycles. The maximum atomic E-state index is 2.33. The van der Waals surface area contributed by atoms with Gasteiger partial charge < -0.3 is 0 Å². The Morgan fingerprint density at radius 1 is 0.636 bits per heavy atom. The maximum absolute atomic E-state index is 2.33. The molecular formula is C21H22N+. The molecule has 3 aromatic rings. The van der Waals surface area contributed by atoms with Crippen molar-refractivity contribution in [3.63, 3.8) is 0 Å². The zero-order chi connectivity index (χ0) is 15.7. The fourth-order valence-electron chi connectivity index (χ4n) is 3.13. The molecule has 0 aliphatic rings. The van der Waals surface area contributed by atoms with E-state index < -0.39 is 0 Å². The Hall–Kier alpha value is -2.41. The molecule has 22 heavy (non-hydrogen) atoms. The molecule has 0 spiro atoms. The number of hydrogen-bond donors (Lipinski definition) is 0. The first kappa shape index (κ1) is 14.5. The molecule has 1 heteroatoms. The summed E-state index contributed by atoms with van der Waals surface area (Å²) in [7, 11) is 0. The lowest BCUT2D eigenvalue weighted by molar-refractivity contribution is -0.609. The van der Waals surface area contributed by atoms with E-state index in [4.69, 9.17) is 0 Å². The van der Waals surface area contributed by atoms with Gasteiger partial charge in [-0.3, -0.25) is 0 Å². The van der Waals surface area contributed by atoms with Crippen molar-refractivity contribution in [2.75, 3.05) is 0 Å². The molecule has 0 N–H and O–H groups in total. The highest BCUT2D eigenvalue weighted by Gasteiger charge is 2.18. The highest BCUT2D eigenvalue weighted by molar-refractivity contribution is 5.63. The number of rotatable bonds is 2. The smallest absolute Gasteiger partial charge is 0.162 e. The maximum Gasteiger partial charge on any atom is 0.214 e. The van der Waals surface area contributed by atoms with Crippen LogP contribution in [0, 0.1) is 27.7 Å². The van der Waals surface area contributed by atoms with Gasteiger partial charge in [0.15, 0.2) is 11.4 Å². The van der Waals surface area contributed by atoms with Gasteiger partial charge in [-0.2, -0.15) is 4.57 Å². The monoisotopic (exact) mass is 288 g/mol. The molecule has 2 aromatic carbocycles. The Bertz CT molecular complexity index is 794. The molecule has 0 aliphatic heterocycles. The van der Waals surface area contributed by atoms with Crippen LogP contribution >= 0.6 is 0 Å². The van der Waals surface area contributed by atoms with E-state index in [-0.39, 0.29) is 0 Å². The summed E-state index contributed by atoms with van der Waals surface area (Å²) in [6, 6.07) is 21.7. The number of benzene rings is 2. The minimum atomic E-state index is 1.26. The molecular weight excluding hydrogens is 266 g/mol. The average molecular weight is 288 g/mol. The first-order valence-corrected chi connectivity index (χ1v) is 7.72. The summed E-state index contributed by atoms with van der Waals surface area (Å²) in [5, 5.41) is 0. The van der Waals surface area contributed by atoms with Crippen LogP contribution in [0.3, 0.4) is 0 Å². The molecule has 1 nitrogen and oxygen atoms in total. The number of pyridine rings is 1. The van der Waals surface area contributed by atoms with Crippen molar-refractivity contribution >= 4 is 0 Å². The van der Waals surface area contributed by atoms with E-state index in [1.807, 2.05) is 0 Å². The first-order chi connectivity index (χ1) is 10.6. The summed E-state index contributed by atoms with van der Waals surface area (Å²) in [5.41, 5.74) is 8.93. The second-order valence-corrected chi connectivity index (χ2v) is 6.02. The van der Waals surface area contributed by atoms with Gasteiger partial charge in [0, 0.05) is 37.6 Å². The summed E-state index contributed by atoms with van der Waals surface area (Å²) in [5.74, 6) is 0. The van der Waals surface area contributed by atoms with Crippen molar-refractivity contribution in [1.82, 2.24) is 0 Å². The lowest BCUT2D eigenvalue weighted by Crippen LogP contribution is -2.38. The Morgan fingerprint density at radius 3 is 1.86 bits per heavy atom. The predicted octanol–water partition coefficient (Wildman–Crippen LogP) is 4.86. The van der Waals surface area contributed by atoms with Crippen LogP contribution in [-0.2, 0) is 0 Å². The fraction of sp³-hybridized carbons (Fsp3) is 0.190. The van der Waals surface area contributed by atoms with Gasteiger partial charge in [0.25, 0.3) is 0 Å². The third-order valence-electron chi connectivity index (χ3n) is 4.13. The van der Waals surface area contributed by atoms with Crippen LogP contribution in [0.1, 0.15) is 22.5 Å². The van der Waals surface area contributed by atoms with Crippen LogP contribution in [0.4, 0.5) is 0 Å². The summed E-state index contributed by atoms with van der Waals surface area (Å²) < 4.78 is 2.33. The standard InChI is InChI=1S/C21H22N/c1-15-10-11-21(16(2)12-15)22-17(3)13-20(14-18(22)4)19-8-6-5-7-9-19/h5-14H,1-4H3/q+1. The SMILES string of the molecule is Cc1ccc(-[n+]2c(C)cc(-c3ccccc3)cc2C)c(C)c1. The highest BCUT2D eigenvalue weighted by Crippen LogP contribution is 2.21. The first-order valence-electron chi connectivity index (χ1n) is 7.72. The molecule has 0 fully saturated rings. The van der Waals surface area contributed by atoms with Crippen LogP contribution in [-0.4, -0.2) is 0 Å². The second kappa shape index (κ2) is 5.76. The largest absolute Gasteiger partial charge is 0.214 e. The number of hydrogen-bond acceptors (Lipinski definition) is 0. The lowest BCUT2D eigenvalue weighted by Gasteiger charge is -2.09. The lowest BCUT2D eigenvalue weighted by atomic mass is 10.0. The Kier molecular flexibility index (Phi) is 3.81. The highest BCUT2D eigenvalue weighted by atomic mass is 15.0. The topological polar surface area (TPSA) is 3.88 Å². The van der Waals surface area contributed by atoms with Crippen LogP contribution < -0.4 is 4.57 Å². The van der Waals surface area contributed by atoms with Gasteiger partial charge in [0.2, 0.25) is 5.69 Å². The van der Waals surface area contributed by atoms with E-state index in [1.54, 1.807) is 0 Å². The third kappa shape index (κ3) is 2.67. The second-order valence-electron chi connectivity index (χ2n) is 6.02. The van der Waals surface area contributed by atoms with E-state index >= 15 is 0 Å². The number of aromatic nitrogens is 1. The summed E-state index contributed by atoms with van der Waals surface area (Å²) >= 11 is 0. The molecule has 0 saturated heterocycles. The minimum absolute atomic E-state index is 1.26. The quantitative estimate of drug-likeness (QED) is 0.593. The third-order valence-corrected chi connectivity index (χ3v) is 4.13. The van der Waals surface area contributed by atoms with Gasteiger partial charge >= 0.3 is 0 Å². The Labute approximate surface area is 132 Å². The normalized spacial score (nSPS) is 10.7. The zero-order valence-corrected chi connectivity index (χ0v) is 13.7. The minimum Gasteiger partial charge on any atom is -0.162 e. The van der Waals surface area contributed by atoms with E-state index in [0.717, 1.165) is 0 Å². The molecule has 0 atom stereocenters. The molecule has 1 heterocycles. The van der Waals surface area contributed by atoms with Crippen LogP contribution in [0.15, 0.2) is 60.7 Å². The van der Waals surface area contributed by atoms with E-state index in [2.05, 4.69) is 92.9 Å². The summed E-state index contributed by atoms with van der Waals surface area (Å²) in [6.45, 7) is 8.68. The van der Waals surface area contributed by atoms with Gasteiger partial charge in [0.05, 0.1) is 0 Å². The Morgan fingerprint density at radius 2 is 1.27 bits per heavy atom.